The summed E-state index contributed by atoms with van der Waals surface area (Å²) in [6, 6.07) is 0.707. The highest BCUT2D eigenvalue weighted by Crippen LogP contribution is 2.18. The highest BCUT2D eigenvalue weighted by Gasteiger charge is 2.19. The van der Waals surface area contributed by atoms with Crippen LogP contribution in [0.5, 0.6) is 0 Å². The first-order chi connectivity index (χ1) is 6.33. The largest absolute Gasteiger partial charge is 0.355 e. The first kappa shape index (κ1) is 10.9. The molecule has 3 nitrogen and oxygen atoms in total. The summed E-state index contributed by atoms with van der Waals surface area (Å²) < 4.78 is 0. The van der Waals surface area contributed by atoms with Gasteiger partial charge in [0.15, 0.2) is 0 Å². The third-order valence-corrected chi connectivity index (χ3v) is 2.60. The molecular weight excluding hydrogens is 184 g/mol. The van der Waals surface area contributed by atoms with Crippen LogP contribution in [0.15, 0.2) is 0 Å². The van der Waals surface area contributed by atoms with Crippen LogP contribution in [0.1, 0.15) is 19.3 Å². The number of nitrogens with one attached hydrogen (secondary N) is 2. The van der Waals surface area contributed by atoms with Gasteiger partial charge in [-0.25, -0.2) is 0 Å². The van der Waals surface area contributed by atoms with E-state index in [1.165, 1.54) is 12.8 Å². The lowest BCUT2D eigenvalue weighted by Crippen LogP contribution is -2.29. The maximum atomic E-state index is 11.2. The summed E-state index contributed by atoms with van der Waals surface area (Å²) in [5.74, 6) is 1.17. The molecule has 76 valence electrons. The van der Waals surface area contributed by atoms with Crippen LogP contribution in [0.25, 0.3) is 0 Å². The molecule has 1 fully saturated rings. The van der Waals surface area contributed by atoms with Crippen molar-refractivity contribution in [1.29, 1.82) is 0 Å². The predicted octanol–water partition coefficient (Wildman–Crippen LogP) is 0.608. The maximum absolute atomic E-state index is 11.2. The second-order valence-electron chi connectivity index (χ2n) is 3.32. The van der Waals surface area contributed by atoms with Crippen molar-refractivity contribution in [3.63, 3.8) is 0 Å². The Balaban J connectivity index is 1.84. The standard InChI is InChI=1S/C9H18N2OS/c1-13-7-6-11-9(12)4-5-10-8-2-3-8/h8,10H,2-7H2,1H3,(H,11,12). The molecule has 1 amide bonds. The van der Waals surface area contributed by atoms with Crippen molar-refractivity contribution >= 4 is 17.7 Å². The van der Waals surface area contributed by atoms with Gasteiger partial charge in [0.05, 0.1) is 0 Å². The summed E-state index contributed by atoms with van der Waals surface area (Å²) in [5.41, 5.74) is 0. The Labute approximate surface area is 84.0 Å². The van der Waals surface area contributed by atoms with Crippen LogP contribution in [0.3, 0.4) is 0 Å². The molecule has 1 rings (SSSR count). The van der Waals surface area contributed by atoms with Crippen molar-refractivity contribution in [2.24, 2.45) is 0 Å². The molecule has 2 N–H and O–H groups in total. The molecule has 0 unspecified atom stereocenters. The molecule has 1 saturated carbocycles. The van der Waals surface area contributed by atoms with Crippen LogP contribution in [-0.4, -0.2) is 37.0 Å². The topological polar surface area (TPSA) is 41.1 Å². The van der Waals surface area contributed by atoms with Gasteiger partial charge in [-0.15, -0.1) is 0 Å². The van der Waals surface area contributed by atoms with Crippen LogP contribution in [0, 0.1) is 0 Å². The fourth-order valence-corrected chi connectivity index (χ4v) is 1.36. The molecule has 0 aliphatic heterocycles. The number of carbonyl (C=O) groups excluding carboxylic acids is 1. The Morgan fingerprint density at radius 3 is 2.85 bits per heavy atom. The fourth-order valence-electron chi connectivity index (χ4n) is 1.06. The van der Waals surface area contributed by atoms with Gasteiger partial charge in [-0.2, -0.15) is 11.8 Å². The summed E-state index contributed by atoms with van der Waals surface area (Å²) in [6.45, 7) is 1.62. The van der Waals surface area contributed by atoms with E-state index in [-0.39, 0.29) is 5.91 Å². The quantitative estimate of drug-likeness (QED) is 0.594. The Morgan fingerprint density at radius 1 is 1.46 bits per heavy atom. The van der Waals surface area contributed by atoms with Crippen molar-refractivity contribution in [3.8, 4) is 0 Å². The summed E-state index contributed by atoms with van der Waals surface area (Å²) in [4.78, 5) is 11.2. The maximum Gasteiger partial charge on any atom is 0.221 e. The molecule has 1 aliphatic rings. The van der Waals surface area contributed by atoms with E-state index < -0.39 is 0 Å². The van der Waals surface area contributed by atoms with E-state index in [1.807, 2.05) is 6.26 Å². The van der Waals surface area contributed by atoms with E-state index >= 15 is 0 Å². The number of carbonyl (C=O) groups is 1. The molecule has 0 aromatic rings. The van der Waals surface area contributed by atoms with Crippen molar-refractivity contribution in [2.45, 2.75) is 25.3 Å². The van der Waals surface area contributed by atoms with E-state index in [0.29, 0.717) is 12.5 Å². The summed E-state index contributed by atoms with van der Waals surface area (Å²) in [5, 5.41) is 6.19. The molecule has 4 heteroatoms. The van der Waals surface area contributed by atoms with Crippen molar-refractivity contribution in [1.82, 2.24) is 10.6 Å². The zero-order valence-electron chi connectivity index (χ0n) is 8.14. The minimum atomic E-state index is 0.169. The number of rotatable bonds is 7. The lowest BCUT2D eigenvalue weighted by Gasteiger charge is -2.04. The molecule has 0 bridgehead atoms. The van der Waals surface area contributed by atoms with Gasteiger partial charge in [-0.3, -0.25) is 4.79 Å². The lowest BCUT2D eigenvalue weighted by atomic mass is 10.4. The van der Waals surface area contributed by atoms with Crippen LogP contribution in [-0.2, 0) is 4.79 Å². The Bertz CT molecular complexity index is 160. The Hall–Kier alpha value is -0.220. The highest BCUT2D eigenvalue weighted by molar-refractivity contribution is 7.98. The number of hydrogen-bond acceptors (Lipinski definition) is 3. The minimum Gasteiger partial charge on any atom is -0.355 e. The van der Waals surface area contributed by atoms with Gasteiger partial charge in [0.1, 0.15) is 0 Å². The van der Waals surface area contributed by atoms with Crippen molar-refractivity contribution < 1.29 is 4.79 Å². The SMILES string of the molecule is CSCCNC(=O)CCNC1CC1. The average molecular weight is 202 g/mol. The van der Waals surface area contributed by atoms with Gasteiger partial charge in [0.2, 0.25) is 5.91 Å². The molecule has 1 aliphatic carbocycles. The lowest BCUT2D eigenvalue weighted by molar-refractivity contribution is -0.120. The zero-order valence-corrected chi connectivity index (χ0v) is 8.95. The van der Waals surface area contributed by atoms with Gasteiger partial charge in [0, 0.05) is 31.3 Å². The van der Waals surface area contributed by atoms with Crippen LogP contribution >= 0.6 is 11.8 Å². The zero-order chi connectivity index (χ0) is 9.52. The smallest absolute Gasteiger partial charge is 0.221 e. The molecule has 13 heavy (non-hydrogen) atoms. The first-order valence-corrected chi connectivity index (χ1v) is 6.21. The molecule has 0 radical (unpaired) electrons. The fraction of sp³-hybridized carbons (Fsp3) is 0.889. The predicted molar refractivity (Wildman–Crippen MR) is 57.0 cm³/mol. The van der Waals surface area contributed by atoms with Crippen molar-refractivity contribution in [2.75, 3.05) is 25.1 Å². The number of thioether (sulfide) groups is 1. The van der Waals surface area contributed by atoms with Gasteiger partial charge < -0.3 is 10.6 Å². The number of amides is 1. The molecule has 0 aromatic carbocycles. The van der Waals surface area contributed by atoms with Gasteiger partial charge in [0.25, 0.3) is 0 Å². The van der Waals surface area contributed by atoms with E-state index in [9.17, 15) is 4.79 Å². The van der Waals surface area contributed by atoms with Gasteiger partial charge in [-0.1, -0.05) is 0 Å². The van der Waals surface area contributed by atoms with E-state index in [2.05, 4.69) is 10.6 Å². The Kier molecular flexibility index (Phi) is 5.23. The van der Waals surface area contributed by atoms with Crippen molar-refractivity contribution in [3.05, 3.63) is 0 Å². The van der Waals surface area contributed by atoms with Crippen LogP contribution in [0.4, 0.5) is 0 Å². The number of hydrogen-bond donors (Lipinski definition) is 2. The summed E-state index contributed by atoms with van der Waals surface area (Å²) in [6.07, 6.45) is 5.23. The summed E-state index contributed by atoms with van der Waals surface area (Å²) >= 11 is 1.75. The molecule has 0 spiro atoms. The normalized spacial score (nSPS) is 15.8. The van der Waals surface area contributed by atoms with Crippen LogP contribution < -0.4 is 10.6 Å². The second-order valence-corrected chi connectivity index (χ2v) is 4.31. The first-order valence-electron chi connectivity index (χ1n) is 4.82. The highest BCUT2D eigenvalue weighted by atomic mass is 32.2. The van der Waals surface area contributed by atoms with E-state index in [4.69, 9.17) is 0 Å². The van der Waals surface area contributed by atoms with Gasteiger partial charge >= 0.3 is 0 Å². The third kappa shape index (κ3) is 5.93. The minimum absolute atomic E-state index is 0.169. The monoisotopic (exact) mass is 202 g/mol. The second kappa shape index (κ2) is 6.27. The van der Waals surface area contributed by atoms with Crippen LogP contribution in [0.2, 0.25) is 0 Å². The molecule has 0 atom stereocenters. The summed E-state index contributed by atoms with van der Waals surface area (Å²) in [7, 11) is 0. The van der Waals surface area contributed by atoms with Gasteiger partial charge in [-0.05, 0) is 19.1 Å². The molecule has 0 aromatic heterocycles. The molecule has 0 saturated heterocycles. The third-order valence-electron chi connectivity index (χ3n) is 1.99. The molecule has 0 heterocycles. The van der Waals surface area contributed by atoms with E-state index in [0.717, 1.165) is 18.8 Å². The Morgan fingerprint density at radius 2 is 2.23 bits per heavy atom. The molecular formula is C9H18N2OS. The average Bonchev–Trinajstić information content (AvgIpc) is 2.89. The van der Waals surface area contributed by atoms with E-state index in [1.54, 1.807) is 11.8 Å².